The first kappa shape index (κ1) is 79.9. The summed E-state index contributed by atoms with van der Waals surface area (Å²) in [4.78, 5) is 35.8. The normalized spacial score (nSPS) is 13.8. The fourth-order valence-corrected chi connectivity index (χ4v) is 10.4. The third-order valence-electron chi connectivity index (χ3n) is 14.9. The summed E-state index contributed by atoms with van der Waals surface area (Å²) in [6.45, 7) is 4.36. The third kappa shape index (κ3) is 67.9. The molecule has 1 N–H and O–H groups in total. The molecule has 0 heterocycles. The van der Waals surface area contributed by atoms with Crippen LogP contribution in [0.3, 0.4) is 0 Å². The Labute approximate surface area is 513 Å². The zero-order valence-electron chi connectivity index (χ0n) is 54.7. The number of quaternary nitrogens is 1. The summed E-state index contributed by atoms with van der Waals surface area (Å²) >= 11 is 0. The van der Waals surface area contributed by atoms with E-state index in [0.29, 0.717) is 23.9 Å². The Hall–Kier alpha value is -3.07. The van der Waals surface area contributed by atoms with Gasteiger partial charge in [0, 0.05) is 12.8 Å². The van der Waals surface area contributed by atoms with E-state index in [1.807, 2.05) is 21.1 Å². The van der Waals surface area contributed by atoms with Gasteiger partial charge in [-0.25, -0.2) is 4.57 Å². The Morgan fingerprint density at radius 1 is 0.386 bits per heavy atom. The van der Waals surface area contributed by atoms with Crippen molar-refractivity contribution in [2.75, 3.05) is 47.5 Å². The summed E-state index contributed by atoms with van der Waals surface area (Å²) in [6.07, 6.45) is 87.9. The number of likely N-dealkylation sites (N-methyl/N-ethyl adjacent to an activating group) is 1. The highest BCUT2D eigenvalue weighted by Crippen LogP contribution is 2.43. The van der Waals surface area contributed by atoms with Crippen LogP contribution >= 0.6 is 7.82 Å². The molecule has 0 aliphatic heterocycles. The lowest BCUT2D eigenvalue weighted by molar-refractivity contribution is -0.870. The van der Waals surface area contributed by atoms with Gasteiger partial charge in [0.05, 0.1) is 27.7 Å². The van der Waals surface area contributed by atoms with E-state index < -0.39 is 26.5 Å². The molecule has 10 heteroatoms. The van der Waals surface area contributed by atoms with E-state index in [1.165, 1.54) is 180 Å². The number of hydrogen-bond donors (Lipinski definition) is 1. The Kier molecular flexibility index (Phi) is 61.1. The van der Waals surface area contributed by atoms with E-state index in [2.05, 4.69) is 111 Å². The van der Waals surface area contributed by atoms with Crippen LogP contribution in [0.25, 0.3) is 0 Å². The highest BCUT2D eigenvalue weighted by Gasteiger charge is 2.27. The SMILES string of the molecule is CC/C=C\C/C=C\C/C=C\C/C=C\C/C=C\C/C=C\C/C=C\C/C=C\CCCCCCCCCCCCCCCCC(=O)OC(COC(=O)CCCCCCCCCCCCCCCCCCCCCC)COP(=O)(O)OCC[N+](C)(C)C. The molecule has 2 atom stereocenters. The molecule has 0 saturated heterocycles. The number of nitrogens with zero attached hydrogens (tertiary/aromatic N) is 1. The molecule has 0 aromatic carbocycles. The van der Waals surface area contributed by atoms with Crippen LogP contribution in [0, 0.1) is 0 Å². The van der Waals surface area contributed by atoms with Crippen molar-refractivity contribution in [1.29, 1.82) is 0 Å². The Morgan fingerprint density at radius 3 is 1.02 bits per heavy atom. The molecule has 0 bridgehead atoms. The Morgan fingerprint density at radius 2 is 0.687 bits per heavy atom. The van der Waals surface area contributed by atoms with Gasteiger partial charge in [0.1, 0.15) is 19.8 Å². The predicted molar refractivity (Wildman–Crippen MR) is 358 cm³/mol. The standard InChI is InChI=1S/C73H130NO8P/c1-6-8-10-12-14-16-18-20-22-24-26-28-29-30-31-32-33-34-35-36-37-38-39-40-41-42-43-44-45-46-48-50-52-54-56-58-60-62-64-66-73(76)82-71(70-81-83(77,78)80-68-67-74(3,4)5)69-79-72(75)65-63-61-59-57-55-53-51-49-47-27-25-23-21-19-17-15-13-11-9-7-2/h8,10,14,16,20,22,26,28,30-31,33-34,36-37,39-40,71H,6-7,9,11-13,15,17-19,21,23-25,27,29,32,35,38,41-70H2,1-5H3/p+1/b10-8-,16-14-,22-20-,28-26-,31-30-,34-33-,37-36-,40-39-. The molecule has 0 aromatic rings. The van der Waals surface area contributed by atoms with Gasteiger partial charge in [-0.2, -0.15) is 0 Å². The lowest BCUT2D eigenvalue weighted by Crippen LogP contribution is -2.37. The zero-order valence-corrected chi connectivity index (χ0v) is 55.6. The first-order chi connectivity index (χ1) is 40.5. The number of rotatable bonds is 63. The summed E-state index contributed by atoms with van der Waals surface area (Å²) in [7, 11) is 1.48. The smallest absolute Gasteiger partial charge is 0.462 e. The maximum atomic E-state index is 12.9. The molecule has 0 saturated carbocycles. The number of allylic oxidation sites excluding steroid dienone is 16. The fourth-order valence-electron chi connectivity index (χ4n) is 9.62. The van der Waals surface area contributed by atoms with Gasteiger partial charge in [0.2, 0.25) is 0 Å². The average molecular weight is 1180 g/mol. The second kappa shape index (κ2) is 63.4. The Bertz CT molecular complexity index is 1720. The molecular weight excluding hydrogens is 1050 g/mol. The lowest BCUT2D eigenvalue weighted by atomic mass is 10.0. The van der Waals surface area contributed by atoms with E-state index >= 15 is 0 Å². The highest BCUT2D eigenvalue weighted by molar-refractivity contribution is 7.47. The van der Waals surface area contributed by atoms with Crippen LogP contribution in [-0.2, 0) is 32.7 Å². The van der Waals surface area contributed by atoms with Crippen molar-refractivity contribution in [2.45, 2.75) is 309 Å². The molecule has 0 aliphatic rings. The second-order valence-electron chi connectivity index (χ2n) is 24.2. The number of phosphoric ester groups is 1. The fraction of sp³-hybridized carbons (Fsp3) is 0.753. The maximum absolute atomic E-state index is 12.9. The predicted octanol–water partition coefficient (Wildman–Crippen LogP) is 22.3. The van der Waals surface area contributed by atoms with Crippen molar-refractivity contribution < 1.29 is 42.1 Å². The first-order valence-electron chi connectivity index (χ1n) is 34.5. The molecule has 2 unspecified atom stereocenters. The van der Waals surface area contributed by atoms with Gasteiger partial charge in [-0.3, -0.25) is 18.6 Å². The van der Waals surface area contributed by atoms with Gasteiger partial charge in [0.15, 0.2) is 6.10 Å². The lowest BCUT2D eigenvalue weighted by Gasteiger charge is -2.24. The summed E-state index contributed by atoms with van der Waals surface area (Å²) < 4.78 is 34.7. The number of hydrogen-bond acceptors (Lipinski definition) is 7. The molecule has 480 valence electrons. The number of esters is 2. The third-order valence-corrected chi connectivity index (χ3v) is 15.9. The van der Waals surface area contributed by atoms with Gasteiger partial charge in [-0.05, 0) is 77.0 Å². The van der Waals surface area contributed by atoms with Crippen molar-refractivity contribution in [1.82, 2.24) is 0 Å². The molecule has 0 fully saturated rings. The molecule has 0 aliphatic carbocycles. The van der Waals surface area contributed by atoms with Gasteiger partial charge in [0.25, 0.3) is 0 Å². The maximum Gasteiger partial charge on any atom is 0.472 e. The van der Waals surface area contributed by atoms with Gasteiger partial charge in [-0.1, -0.05) is 310 Å². The van der Waals surface area contributed by atoms with E-state index in [9.17, 15) is 19.0 Å². The number of unbranched alkanes of at least 4 members (excludes halogenated alkanes) is 33. The van der Waals surface area contributed by atoms with E-state index in [4.69, 9.17) is 18.5 Å². The highest BCUT2D eigenvalue weighted by atomic mass is 31.2. The topological polar surface area (TPSA) is 108 Å². The van der Waals surface area contributed by atoms with Gasteiger partial charge >= 0.3 is 19.8 Å². The molecule has 83 heavy (non-hydrogen) atoms. The number of carbonyl (C=O) groups is 2. The van der Waals surface area contributed by atoms with Crippen LogP contribution in [0.1, 0.15) is 303 Å². The zero-order chi connectivity index (χ0) is 60.5. The van der Waals surface area contributed by atoms with E-state index in [-0.39, 0.29) is 25.6 Å². The number of phosphoric acid groups is 1. The molecule has 0 spiro atoms. The van der Waals surface area contributed by atoms with Crippen LogP contribution in [0.5, 0.6) is 0 Å². The van der Waals surface area contributed by atoms with Crippen molar-refractivity contribution in [3.05, 3.63) is 97.2 Å². The molecule has 0 radical (unpaired) electrons. The molecular formula is C73H131NO8P+. The quantitative estimate of drug-likeness (QED) is 0.0211. The van der Waals surface area contributed by atoms with Gasteiger partial charge in [-0.15, -0.1) is 0 Å². The Balaban J connectivity index is 4.02. The van der Waals surface area contributed by atoms with Gasteiger partial charge < -0.3 is 18.9 Å². The molecule has 0 rings (SSSR count). The van der Waals surface area contributed by atoms with Crippen molar-refractivity contribution in [2.24, 2.45) is 0 Å². The van der Waals surface area contributed by atoms with Crippen molar-refractivity contribution >= 4 is 19.8 Å². The summed E-state index contributed by atoms with van der Waals surface area (Å²) in [5.41, 5.74) is 0. The largest absolute Gasteiger partial charge is 0.472 e. The number of carbonyl (C=O) groups excluding carboxylic acids is 2. The van der Waals surface area contributed by atoms with E-state index in [1.54, 1.807) is 0 Å². The summed E-state index contributed by atoms with van der Waals surface area (Å²) in [5.74, 6) is -0.787. The molecule has 0 amide bonds. The average Bonchev–Trinajstić information content (AvgIpc) is 3.48. The van der Waals surface area contributed by atoms with Crippen molar-refractivity contribution in [3.63, 3.8) is 0 Å². The second-order valence-corrected chi connectivity index (χ2v) is 25.6. The number of ether oxygens (including phenoxy) is 2. The minimum Gasteiger partial charge on any atom is -0.462 e. The minimum absolute atomic E-state index is 0.0307. The molecule has 9 nitrogen and oxygen atoms in total. The van der Waals surface area contributed by atoms with Crippen molar-refractivity contribution in [3.8, 4) is 0 Å². The van der Waals surface area contributed by atoms with Crippen LogP contribution < -0.4 is 0 Å². The van der Waals surface area contributed by atoms with Crippen LogP contribution in [0.15, 0.2) is 97.2 Å². The monoisotopic (exact) mass is 1180 g/mol. The minimum atomic E-state index is -4.39. The van der Waals surface area contributed by atoms with Crippen LogP contribution in [-0.4, -0.2) is 74.9 Å². The first-order valence-corrected chi connectivity index (χ1v) is 36.0. The van der Waals surface area contributed by atoms with Crippen LogP contribution in [0.4, 0.5) is 0 Å². The summed E-state index contributed by atoms with van der Waals surface area (Å²) in [6, 6.07) is 0. The summed E-state index contributed by atoms with van der Waals surface area (Å²) in [5, 5.41) is 0. The molecule has 0 aromatic heterocycles. The van der Waals surface area contributed by atoms with Crippen LogP contribution in [0.2, 0.25) is 0 Å². The van der Waals surface area contributed by atoms with E-state index in [0.717, 1.165) is 89.9 Å².